The van der Waals surface area contributed by atoms with Gasteiger partial charge >= 0.3 is 0 Å². The summed E-state index contributed by atoms with van der Waals surface area (Å²) in [6.45, 7) is 0.551. The third-order valence-corrected chi connectivity index (χ3v) is 2.07. The van der Waals surface area contributed by atoms with Crippen molar-refractivity contribution in [2.24, 2.45) is 5.73 Å². The van der Waals surface area contributed by atoms with Crippen LogP contribution in [0.2, 0.25) is 0 Å². The number of methoxy groups -OCH3 is 1. The monoisotopic (exact) mass is 197 g/mol. The molecule has 0 saturated heterocycles. The van der Waals surface area contributed by atoms with Crippen molar-refractivity contribution in [2.75, 3.05) is 13.7 Å². The standard InChI is InChI=1S/C11H16FNO/c1-14-8-11(13)6-5-9-3-2-4-10(12)7-9/h2-4,7,11H,5-6,8,13H2,1H3. The van der Waals surface area contributed by atoms with Crippen LogP contribution in [0.25, 0.3) is 0 Å². The molecule has 1 rings (SSSR count). The Morgan fingerprint density at radius 1 is 1.50 bits per heavy atom. The Balaban J connectivity index is 2.37. The second-order valence-corrected chi connectivity index (χ2v) is 3.38. The molecule has 0 aliphatic rings. The third kappa shape index (κ3) is 3.85. The van der Waals surface area contributed by atoms with Gasteiger partial charge in [0.15, 0.2) is 0 Å². The lowest BCUT2D eigenvalue weighted by molar-refractivity contribution is 0.177. The lowest BCUT2D eigenvalue weighted by Gasteiger charge is -2.09. The summed E-state index contributed by atoms with van der Waals surface area (Å²) in [4.78, 5) is 0. The fourth-order valence-corrected chi connectivity index (χ4v) is 1.34. The van der Waals surface area contributed by atoms with E-state index < -0.39 is 0 Å². The first-order valence-electron chi connectivity index (χ1n) is 4.71. The first-order chi connectivity index (χ1) is 6.72. The number of rotatable bonds is 5. The molecule has 0 spiro atoms. The van der Waals surface area contributed by atoms with Gasteiger partial charge in [0, 0.05) is 13.2 Å². The average Bonchev–Trinajstić information content (AvgIpc) is 2.15. The van der Waals surface area contributed by atoms with Crippen LogP contribution in [0.3, 0.4) is 0 Å². The second kappa shape index (κ2) is 5.73. The number of halogens is 1. The number of benzene rings is 1. The maximum atomic E-state index is 12.8. The number of hydrogen-bond acceptors (Lipinski definition) is 2. The highest BCUT2D eigenvalue weighted by Gasteiger charge is 2.02. The molecule has 0 aliphatic carbocycles. The maximum absolute atomic E-state index is 12.8. The fourth-order valence-electron chi connectivity index (χ4n) is 1.34. The predicted octanol–water partition coefficient (Wildman–Crippen LogP) is 1.73. The van der Waals surface area contributed by atoms with E-state index >= 15 is 0 Å². The maximum Gasteiger partial charge on any atom is 0.123 e. The number of aryl methyl sites for hydroxylation is 1. The zero-order chi connectivity index (χ0) is 10.4. The van der Waals surface area contributed by atoms with Crippen LogP contribution < -0.4 is 5.73 Å². The van der Waals surface area contributed by atoms with Crippen molar-refractivity contribution < 1.29 is 9.13 Å². The number of hydrogen-bond donors (Lipinski definition) is 1. The van der Waals surface area contributed by atoms with Gasteiger partial charge in [0.1, 0.15) is 5.82 Å². The molecule has 2 N–H and O–H groups in total. The van der Waals surface area contributed by atoms with Gasteiger partial charge < -0.3 is 10.5 Å². The van der Waals surface area contributed by atoms with Crippen LogP contribution in [-0.2, 0) is 11.2 Å². The van der Waals surface area contributed by atoms with E-state index in [0.29, 0.717) is 6.61 Å². The molecule has 0 radical (unpaired) electrons. The molecule has 1 atom stereocenters. The van der Waals surface area contributed by atoms with Gasteiger partial charge in [-0.1, -0.05) is 12.1 Å². The summed E-state index contributed by atoms with van der Waals surface area (Å²) >= 11 is 0. The lowest BCUT2D eigenvalue weighted by Crippen LogP contribution is -2.26. The zero-order valence-electron chi connectivity index (χ0n) is 8.37. The first-order valence-corrected chi connectivity index (χ1v) is 4.71. The molecule has 0 heterocycles. The highest BCUT2D eigenvalue weighted by Crippen LogP contribution is 2.07. The molecular weight excluding hydrogens is 181 g/mol. The highest BCUT2D eigenvalue weighted by atomic mass is 19.1. The zero-order valence-corrected chi connectivity index (χ0v) is 8.37. The van der Waals surface area contributed by atoms with Crippen molar-refractivity contribution in [3.63, 3.8) is 0 Å². The molecule has 14 heavy (non-hydrogen) atoms. The molecule has 1 unspecified atom stereocenters. The van der Waals surface area contributed by atoms with E-state index in [2.05, 4.69) is 0 Å². The first kappa shape index (κ1) is 11.1. The molecule has 1 aromatic rings. The molecule has 0 saturated carbocycles. The van der Waals surface area contributed by atoms with Gasteiger partial charge in [-0.2, -0.15) is 0 Å². The minimum atomic E-state index is -0.192. The molecule has 0 fully saturated rings. The minimum absolute atomic E-state index is 0.0308. The van der Waals surface area contributed by atoms with Crippen molar-refractivity contribution in [3.05, 3.63) is 35.6 Å². The molecule has 0 aliphatic heterocycles. The van der Waals surface area contributed by atoms with Gasteiger partial charge in [-0.05, 0) is 30.5 Å². The summed E-state index contributed by atoms with van der Waals surface area (Å²) in [6.07, 6.45) is 1.61. The van der Waals surface area contributed by atoms with Crippen molar-refractivity contribution in [2.45, 2.75) is 18.9 Å². The second-order valence-electron chi connectivity index (χ2n) is 3.38. The summed E-state index contributed by atoms with van der Waals surface area (Å²) in [5, 5.41) is 0. The van der Waals surface area contributed by atoms with Crippen LogP contribution >= 0.6 is 0 Å². The quantitative estimate of drug-likeness (QED) is 0.780. The Bertz CT molecular complexity index is 278. The topological polar surface area (TPSA) is 35.2 Å². The van der Waals surface area contributed by atoms with Gasteiger partial charge in [-0.25, -0.2) is 4.39 Å². The largest absolute Gasteiger partial charge is 0.383 e. The van der Waals surface area contributed by atoms with Gasteiger partial charge in [0.25, 0.3) is 0 Å². The summed E-state index contributed by atoms with van der Waals surface area (Å²) < 4.78 is 17.7. The lowest BCUT2D eigenvalue weighted by atomic mass is 10.1. The number of nitrogens with two attached hydrogens (primary N) is 1. The smallest absolute Gasteiger partial charge is 0.123 e. The summed E-state index contributed by atoms with van der Waals surface area (Å²) in [5.41, 5.74) is 6.73. The minimum Gasteiger partial charge on any atom is -0.383 e. The molecule has 3 heteroatoms. The van der Waals surface area contributed by atoms with E-state index in [-0.39, 0.29) is 11.9 Å². The summed E-state index contributed by atoms with van der Waals surface area (Å²) in [7, 11) is 1.63. The average molecular weight is 197 g/mol. The van der Waals surface area contributed by atoms with E-state index in [1.807, 2.05) is 6.07 Å². The van der Waals surface area contributed by atoms with E-state index in [1.54, 1.807) is 19.2 Å². The van der Waals surface area contributed by atoms with Crippen molar-refractivity contribution in [1.29, 1.82) is 0 Å². The Kier molecular flexibility index (Phi) is 4.56. The van der Waals surface area contributed by atoms with Crippen molar-refractivity contribution >= 4 is 0 Å². The molecule has 0 bridgehead atoms. The molecule has 78 valence electrons. The van der Waals surface area contributed by atoms with Crippen LogP contribution in [0.15, 0.2) is 24.3 Å². The molecule has 2 nitrogen and oxygen atoms in total. The Labute approximate surface area is 83.9 Å². The van der Waals surface area contributed by atoms with Crippen molar-refractivity contribution in [1.82, 2.24) is 0 Å². The van der Waals surface area contributed by atoms with Crippen LogP contribution in [0, 0.1) is 5.82 Å². The molecule has 1 aromatic carbocycles. The molecule has 0 amide bonds. The van der Waals surface area contributed by atoms with E-state index in [0.717, 1.165) is 18.4 Å². The van der Waals surface area contributed by atoms with Crippen LogP contribution in [0.5, 0.6) is 0 Å². The van der Waals surface area contributed by atoms with Gasteiger partial charge in [0.05, 0.1) is 6.61 Å². The van der Waals surface area contributed by atoms with E-state index in [4.69, 9.17) is 10.5 Å². The Morgan fingerprint density at radius 2 is 2.29 bits per heavy atom. The van der Waals surface area contributed by atoms with E-state index in [1.165, 1.54) is 6.07 Å². The van der Waals surface area contributed by atoms with Gasteiger partial charge in [-0.15, -0.1) is 0 Å². The third-order valence-electron chi connectivity index (χ3n) is 2.07. The fraction of sp³-hybridized carbons (Fsp3) is 0.455. The Hall–Kier alpha value is -0.930. The van der Waals surface area contributed by atoms with E-state index in [9.17, 15) is 4.39 Å². The summed E-state index contributed by atoms with van der Waals surface area (Å²) in [5.74, 6) is -0.192. The van der Waals surface area contributed by atoms with Gasteiger partial charge in [0.2, 0.25) is 0 Å². The van der Waals surface area contributed by atoms with Crippen LogP contribution in [-0.4, -0.2) is 19.8 Å². The SMILES string of the molecule is COCC(N)CCc1cccc(F)c1. The summed E-state index contributed by atoms with van der Waals surface area (Å²) in [6, 6.07) is 6.64. The van der Waals surface area contributed by atoms with Crippen LogP contribution in [0.4, 0.5) is 4.39 Å². The Morgan fingerprint density at radius 3 is 2.93 bits per heavy atom. The molecule has 0 aromatic heterocycles. The van der Waals surface area contributed by atoms with Gasteiger partial charge in [-0.3, -0.25) is 0 Å². The molecular formula is C11H16FNO. The normalized spacial score (nSPS) is 12.8. The highest BCUT2D eigenvalue weighted by molar-refractivity contribution is 5.16. The number of ether oxygens (including phenoxy) is 1. The van der Waals surface area contributed by atoms with Crippen molar-refractivity contribution in [3.8, 4) is 0 Å². The predicted molar refractivity (Wildman–Crippen MR) is 54.6 cm³/mol. The van der Waals surface area contributed by atoms with Crippen LogP contribution in [0.1, 0.15) is 12.0 Å².